The average molecular weight is 389 g/mol. The number of para-hydroxylation sites is 1. The van der Waals surface area contributed by atoms with Crippen LogP contribution in [0.15, 0.2) is 60.7 Å². The fourth-order valence-corrected chi connectivity index (χ4v) is 3.35. The first-order chi connectivity index (χ1) is 13.9. The summed E-state index contributed by atoms with van der Waals surface area (Å²) >= 11 is 0. The number of phenolic OH excluding ortho intramolecular Hbond substituents is 1. The third kappa shape index (κ3) is 3.47. The van der Waals surface area contributed by atoms with Crippen molar-refractivity contribution in [2.75, 3.05) is 5.32 Å². The molecule has 1 heterocycles. The Hall–Kier alpha value is -3.94. The van der Waals surface area contributed by atoms with E-state index in [1.54, 1.807) is 4.68 Å². The molecule has 0 radical (unpaired) electrons. The Morgan fingerprint density at radius 3 is 2.66 bits per heavy atom. The van der Waals surface area contributed by atoms with E-state index >= 15 is 0 Å². The maximum absolute atomic E-state index is 11.3. The van der Waals surface area contributed by atoms with E-state index in [1.807, 2.05) is 56.3 Å². The zero-order valence-corrected chi connectivity index (χ0v) is 15.9. The number of benzene rings is 3. The number of nitrogens with zero attached hydrogens (tertiary/aromatic N) is 4. The highest BCUT2D eigenvalue weighted by Crippen LogP contribution is 2.33. The SMILES string of the molecule is Cc1ccc(N[C@H](c2cc([N+](=O)[O-])ccc2O)n2nnc3ccccc32)c(C)c1. The molecule has 8 heteroatoms. The highest BCUT2D eigenvalue weighted by molar-refractivity contribution is 5.74. The molecule has 0 fully saturated rings. The van der Waals surface area contributed by atoms with Crippen molar-refractivity contribution < 1.29 is 10.0 Å². The number of aryl methyl sites for hydroxylation is 2. The van der Waals surface area contributed by atoms with Crippen molar-refractivity contribution in [3.05, 3.63) is 87.5 Å². The van der Waals surface area contributed by atoms with Crippen LogP contribution in [0.2, 0.25) is 0 Å². The van der Waals surface area contributed by atoms with Crippen LogP contribution in [-0.4, -0.2) is 25.0 Å². The summed E-state index contributed by atoms with van der Waals surface area (Å²) < 4.78 is 1.62. The van der Waals surface area contributed by atoms with Crippen LogP contribution in [0.25, 0.3) is 11.0 Å². The Bertz CT molecular complexity index is 1220. The van der Waals surface area contributed by atoms with Crippen molar-refractivity contribution >= 4 is 22.4 Å². The molecule has 2 N–H and O–H groups in total. The number of nitrogens with one attached hydrogen (secondary N) is 1. The van der Waals surface area contributed by atoms with Crippen LogP contribution in [0.1, 0.15) is 22.9 Å². The number of hydrogen-bond acceptors (Lipinski definition) is 6. The van der Waals surface area contributed by atoms with Crippen molar-refractivity contribution in [1.82, 2.24) is 15.0 Å². The number of nitro groups is 1. The fraction of sp³-hybridized carbons (Fsp3) is 0.143. The van der Waals surface area contributed by atoms with E-state index in [1.165, 1.54) is 18.2 Å². The van der Waals surface area contributed by atoms with E-state index in [9.17, 15) is 15.2 Å². The maximum atomic E-state index is 11.3. The number of rotatable bonds is 5. The molecular formula is C21H19N5O3. The number of aromatic nitrogens is 3. The molecule has 1 atom stereocenters. The highest BCUT2D eigenvalue weighted by atomic mass is 16.6. The second kappa shape index (κ2) is 7.23. The topological polar surface area (TPSA) is 106 Å². The standard InChI is InChI=1S/C21H19N5O3/c1-13-7-9-17(14(2)11-13)22-21(16-12-15(26(28)29)8-10-20(16)27)25-19-6-4-3-5-18(19)23-24-25/h3-12,21-22,27H,1-2H3/t21-/m0/s1. The third-order valence-corrected chi connectivity index (χ3v) is 4.81. The molecule has 0 saturated carbocycles. The van der Waals surface area contributed by atoms with E-state index in [0.717, 1.165) is 22.3 Å². The summed E-state index contributed by atoms with van der Waals surface area (Å²) in [6.07, 6.45) is -0.705. The summed E-state index contributed by atoms with van der Waals surface area (Å²) in [4.78, 5) is 10.8. The summed E-state index contributed by atoms with van der Waals surface area (Å²) in [5.41, 5.74) is 4.58. The van der Waals surface area contributed by atoms with Crippen LogP contribution < -0.4 is 5.32 Å². The lowest BCUT2D eigenvalue weighted by Gasteiger charge is -2.23. The molecule has 1 aromatic heterocycles. The summed E-state index contributed by atoms with van der Waals surface area (Å²) in [7, 11) is 0. The number of hydrogen-bond donors (Lipinski definition) is 2. The van der Waals surface area contributed by atoms with Crippen molar-refractivity contribution in [3.8, 4) is 5.75 Å². The van der Waals surface area contributed by atoms with E-state index in [4.69, 9.17) is 0 Å². The lowest BCUT2D eigenvalue weighted by atomic mass is 10.1. The first-order valence-electron chi connectivity index (χ1n) is 9.05. The molecule has 0 spiro atoms. The molecule has 3 aromatic carbocycles. The molecule has 0 amide bonds. The minimum atomic E-state index is -0.705. The first-order valence-corrected chi connectivity index (χ1v) is 9.05. The molecule has 4 aromatic rings. The lowest BCUT2D eigenvalue weighted by molar-refractivity contribution is -0.385. The van der Waals surface area contributed by atoms with E-state index in [2.05, 4.69) is 15.6 Å². The van der Waals surface area contributed by atoms with E-state index in [0.29, 0.717) is 11.1 Å². The van der Waals surface area contributed by atoms with Gasteiger partial charge in [-0.05, 0) is 43.7 Å². The minimum Gasteiger partial charge on any atom is -0.508 e. The van der Waals surface area contributed by atoms with Crippen LogP contribution in [0, 0.1) is 24.0 Å². The smallest absolute Gasteiger partial charge is 0.270 e. The van der Waals surface area contributed by atoms with Gasteiger partial charge in [-0.15, -0.1) is 5.10 Å². The molecule has 8 nitrogen and oxygen atoms in total. The van der Waals surface area contributed by atoms with Gasteiger partial charge in [0.1, 0.15) is 11.3 Å². The third-order valence-electron chi connectivity index (χ3n) is 4.81. The summed E-state index contributed by atoms with van der Waals surface area (Å²) in [5.74, 6) is -0.0718. The largest absolute Gasteiger partial charge is 0.508 e. The predicted octanol–water partition coefficient (Wildman–Crippen LogP) is 4.32. The number of non-ortho nitro benzene ring substituents is 1. The van der Waals surface area contributed by atoms with E-state index in [-0.39, 0.29) is 11.4 Å². The van der Waals surface area contributed by atoms with Gasteiger partial charge < -0.3 is 10.4 Å². The number of fused-ring (bicyclic) bond motifs is 1. The summed E-state index contributed by atoms with van der Waals surface area (Å²) in [6.45, 7) is 3.98. The van der Waals surface area contributed by atoms with Crippen LogP contribution in [0.3, 0.4) is 0 Å². The van der Waals surface area contributed by atoms with Crippen LogP contribution >= 0.6 is 0 Å². The van der Waals surface area contributed by atoms with Crippen molar-refractivity contribution in [2.45, 2.75) is 20.0 Å². The van der Waals surface area contributed by atoms with Crippen molar-refractivity contribution in [1.29, 1.82) is 0 Å². The Morgan fingerprint density at radius 2 is 1.90 bits per heavy atom. The first kappa shape index (κ1) is 18.4. The highest BCUT2D eigenvalue weighted by Gasteiger charge is 2.24. The minimum absolute atomic E-state index is 0.0718. The van der Waals surface area contributed by atoms with Gasteiger partial charge in [-0.3, -0.25) is 10.1 Å². The summed E-state index contributed by atoms with van der Waals surface area (Å²) in [6, 6.07) is 17.3. The lowest BCUT2D eigenvalue weighted by Crippen LogP contribution is -2.22. The van der Waals surface area contributed by atoms with Gasteiger partial charge in [0.05, 0.1) is 10.4 Å². The van der Waals surface area contributed by atoms with Gasteiger partial charge in [-0.2, -0.15) is 0 Å². The van der Waals surface area contributed by atoms with Crippen LogP contribution in [0.5, 0.6) is 5.75 Å². The molecule has 0 saturated heterocycles. The van der Waals surface area contributed by atoms with Gasteiger partial charge in [-0.25, -0.2) is 4.68 Å². The monoisotopic (exact) mass is 389 g/mol. The van der Waals surface area contributed by atoms with Gasteiger partial charge in [0, 0.05) is 23.4 Å². The zero-order valence-electron chi connectivity index (χ0n) is 15.9. The van der Waals surface area contributed by atoms with Gasteiger partial charge >= 0.3 is 0 Å². The van der Waals surface area contributed by atoms with Gasteiger partial charge in [0.2, 0.25) is 0 Å². The van der Waals surface area contributed by atoms with Crippen LogP contribution in [-0.2, 0) is 0 Å². The Kier molecular flexibility index (Phi) is 4.59. The summed E-state index contributed by atoms with van der Waals surface area (Å²) in [5, 5.41) is 33.6. The van der Waals surface area contributed by atoms with Crippen molar-refractivity contribution in [3.63, 3.8) is 0 Å². The quantitative estimate of drug-likeness (QED) is 0.389. The molecule has 29 heavy (non-hydrogen) atoms. The van der Waals surface area contributed by atoms with Gasteiger partial charge in [-0.1, -0.05) is 35.0 Å². The van der Waals surface area contributed by atoms with E-state index < -0.39 is 11.1 Å². The van der Waals surface area contributed by atoms with Gasteiger partial charge in [0.25, 0.3) is 5.69 Å². The molecule has 0 aliphatic heterocycles. The van der Waals surface area contributed by atoms with Crippen LogP contribution in [0.4, 0.5) is 11.4 Å². The Balaban J connectivity index is 1.90. The second-order valence-electron chi connectivity index (χ2n) is 6.89. The average Bonchev–Trinajstić information content (AvgIpc) is 3.12. The molecule has 0 aliphatic carbocycles. The molecule has 0 bridgehead atoms. The molecule has 0 unspecified atom stereocenters. The zero-order chi connectivity index (χ0) is 20.5. The predicted molar refractivity (Wildman–Crippen MR) is 110 cm³/mol. The Morgan fingerprint density at radius 1 is 1.10 bits per heavy atom. The van der Waals surface area contributed by atoms with Gasteiger partial charge in [0.15, 0.2) is 6.17 Å². The Labute approximate surface area is 166 Å². The molecule has 146 valence electrons. The fourth-order valence-electron chi connectivity index (χ4n) is 3.35. The number of anilines is 1. The normalized spacial score (nSPS) is 12.1. The van der Waals surface area contributed by atoms with Crippen molar-refractivity contribution in [2.24, 2.45) is 0 Å². The number of nitro benzene ring substituents is 1. The second-order valence-corrected chi connectivity index (χ2v) is 6.89. The number of aromatic hydroxyl groups is 1. The molecular weight excluding hydrogens is 370 g/mol. The molecule has 0 aliphatic rings. The molecule has 4 rings (SSSR count). The maximum Gasteiger partial charge on any atom is 0.270 e. The number of phenols is 1.